The minimum absolute atomic E-state index is 0.0655. The molecule has 3 aromatic carbocycles. The van der Waals surface area contributed by atoms with Crippen LogP contribution in [0.5, 0.6) is 0 Å². The molecule has 0 N–H and O–H groups in total. The maximum atomic E-state index is 13.4. The maximum Gasteiger partial charge on any atom is 0.277 e. The van der Waals surface area contributed by atoms with Crippen molar-refractivity contribution < 1.29 is 9.18 Å². The Morgan fingerprint density at radius 2 is 1.50 bits per heavy atom. The average molecular weight is 345 g/mol. The molecule has 1 amide bonds. The van der Waals surface area contributed by atoms with Crippen LogP contribution in [0.25, 0.3) is 0 Å². The number of para-hydroxylation sites is 2. The molecule has 0 aromatic heterocycles. The largest absolute Gasteiger partial charge is 0.348 e. The molecule has 0 radical (unpaired) electrons. The molecule has 3 aromatic rings. The molecule has 1 atom stereocenters. The number of carbonyl (C=O) groups excluding carboxylic acids is 1. The summed E-state index contributed by atoms with van der Waals surface area (Å²) < 4.78 is 13.4. The van der Waals surface area contributed by atoms with E-state index in [1.54, 1.807) is 17.1 Å². The van der Waals surface area contributed by atoms with Crippen molar-refractivity contribution in [3.8, 4) is 0 Å². The fourth-order valence-electron chi connectivity index (χ4n) is 3.89. The van der Waals surface area contributed by atoms with Crippen LogP contribution in [-0.4, -0.2) is 18.0 Å². The van der Waals surface area contributed by atoms with Crippen molar-refractivity contribution in [3.05, 3.63) is 89.7 Å². The highest BCUT2D eigenvalue weighted by atomic mass is 19.1. The first-order valence-electron chi connectivity index (χ1n) is 8.47. The Labute approximate surface area is 150 Å². The van der Waals surface area contributed by atoms with Gasteiger partial charge in [-0.2, -0.15) is 0 Å². The summed E-state index contributed by atoms with van der Waals surface area (Å²) in [6, 6.07) is 21.8. The van der Waals surface area contributed by atoms with Crippen LogP contribution in [0.15, 0.2) is 72.8 Å². The monoisotopic (exact) mass is 345 g/mol. The molecule has 1 unspecified atom stereocenters. The molecule has 4 nitrogen and oxygen atoms in total. The molecule has 128 valence electrons. The molecule has 26 heavy (non-hydrogen) atoms. The molecule has 0 fully saturated rings. The molecule has 0 bridgehead atoms. The first kappa shape index (κ1) is 15.0. The molecule has 0 spiro atoms. The van der Waals surface area contributed by atoms with Gasteiger partial charge in [-0.3, -0.25) is 4.79 Å². The molecule has 0 aliphatic carbocycles. The smallest absolute Gasteiger partial charge is 0.277 e. The summed E-state index contributed by atoms with van der Waals surface area (Å²) in [6.45, 7) is 0. The van der Waals surface area contributed by atoms with Gasteiger partial charge in [-0.1, -0.05) is 30.3 Å². The highest BCUT2D eigenvalue weighted by molar-refractivity contribution is 6.04. The van der Waals surface area contributed by atoms with Gasteiger partial charge in [0.25, 0.3) is 5.91 Å². The predicted octanol–water partition coefficient (Wildman–Crippen LogP) is 4.48. The summed E-state index contributed by atoms with van der Waals surface area (Å²) in [7, 11) is 1.99. The molecular weight excluding hydrogens is 329 g/mol. The van der Waals surface area contributed by atoms with Crippen LogP contribution in [0.4, 0.5) is 21.5 Å². The number of hydrogen-bond acceptors (Lipinski definition) is 3. The lowest BCUT2D eigenvalue weighted by Crippen LogP contribution is -2.50. The highest BCUT2D eigenvalue weighted by Gasteiger charge is 2.47. The van der Waals surface area contributed by atoms with Gasteiger partial charge in [-0.05, 0) is 42.5 Å². The van der Waals surface area contributed by atoms with Gasteiger partial charge in [0.2, 0.25) is 0 Å². The van der Waals surface area contributed by atoms with Gasteiger partial charge >= 0.3 is 0 Å². The first-order chi connectivity index (χ1) is 12.7. The van der Waals surface area contributed by atoms with E-state index in [0.717, 1.165) is 22.6 Å². The number of carbonyl (C=O) groups is 1. The lowest BCUT2D eigenvalue weighted by Gasteiger charge is -2.42. The van der Waals surface area contributed by atoms with Crippen LogP contribution in [0.3, 0.4) is 0 Å². The van der Waals surface area contributed by atoms with Crippen molar-refractivity contribution in [2.45, 2.75) is 6.17 Å². The highest BCUT2D eigenvalue weighted by Crippen LogP contribution is 2.50. The normalized spacial score (nSPS) is 17.8. The topological polar surface area (TPSA) is 26.8 Å². The van der Waals surface area contributed by atoms with E-state index in [9.17, 15) is 9.18 Å². The molecule has 0 saturated heterocycles. The van der Waals surface area contributed by atoms with Crippen molar-refractivity contribution in [2.75, 3.05) is 17.0 Å². The van der Waals surface area contributed by atoms with E-state index < -0.39 is 0 Å². The summed E-state index contributed by atoms with van der Waals surface area (Å²) in [4.78, 5) is 15.5. The number of benzene rings is 3. The third kappa shape index (κ3) is 1.91. The summed E-state index contributed by atoms with van der Waals surface area (Å²) >= 11 is 0. The number of anilines is 3. The van der Waals surface area contributed by atoms with Gasteiger partial charge in [-0.15, -0.1) is 0 Å². The van der Waals surface area contributed by atoms with Crippen LogP contribution in [0, 0.1) is 5.82 Å². The van der Waals surface area contributed by atoms with Crippen molar-refractivity contribution in [2.24, 2.45) is 0 Å². The number of fused-ring (bicyclic) bond motifs is 4. The van der Waals surface area contributed by atoms with Crippen molar-refractivity contribution in [3.63, 3.8) is 0 Å². The molecule has 2 aliphatic rings. The number of hydrogen-bond donors (Lipinski definition) is 0. The Balaban J connectivity index is 1.74. The molecule has 2 aliphatic heterocycles. The minimum atomic E-state index is -0.301. The van der Waals surface area contributed by atoms with Gasteiger partial charge in [0.05, 0.1) is 22.6 Å². The third-order valence-corrected chi connectivity index (χ3v) is 5.05. The summed E-state index contributed by atoms with van der Waals surface area (Å²) in [5.74, 6) is -0.366. The Morgan fingerprint density at radius 3 is 2.27 bits per heavy atom. The number of rotatable bonds is 1. The second-order valence-electron chi connectivity index (χ2n) is 6.50. The van der Waals surface area contributed by atoms with Crippen LogP contribution in [0.2, 0.25) is 0 Å². The maximum absolute atomic E-state index is 13.4. The SMILES string of the molecule is CN1c2ccccc2C(=O)N2C1c1ccccc1N2c1ccc(F)cc1. The summed E-state index contributed by atoms with van der Waals surface area (Å²) in [5.41, 5.74) is 4.29. The van der Waals surface area contributed by atoms with Crippen molar-refractivity contribution >= 4 is 23.0 Å². The molecule has 5 rings (SSSR count). The first-order valence-corrected chi connectivity index (χ1v) is 8.47. The summed E-state index contributed by atoms with van der Waals surface area (Å²) in [6.07, 6.45) is -0.237. The zero-order chi connectivity index (χ0) is 17.8. The predicted molar refractivity (Wildman–Crippen MR) is 98.7 cm³/mol. The molecule has 0 saturated carbocycles. The van der Waals surface area contributed by atoms with E-state index in [1.807, 2.05) is 60.6 Å². The molecular formula is C21H16FN3O. The minimum Gasteiger partial charge on any atom is -0.348 e. The third-order valence-electron chi connectivity index (χ3n) is 5.05. The standard InChI is InChI=1S/C21H16FN3O/c1-23-18-8-4-3-7-17(18)21(26)25-20(23)16-6-2-5-9-19(16)24(25)15-12-10-14(22)11-13-15/h2-13,20H,1H3. The molecule has 2 heterocycles. The Kier molecular flexibility index (Phi) is 3.06. The fraction of sp³-hybridized carbons (Fsp3) is 0.0952. The Morgan fingerprint density at radius 1 is 0.846 bits per heavy atom. The van der Waals surface area contributed by atoms with E-state index >= 15 is 0 Å². The number of halogens is 1. The van der Waals surface area contributed by atoms with Crippen LogP contribution < -0.4 is 9.91 Å². The lowest BCUT2D eigenvalue weighted by molar-refractivity contribution is 0.0682. The van der Waals surface area contributed by atoms with E-state index in [1.165, 1.54) is 12.1 Å². The van der Waals surface area contributed by atoms with Crippen molar-refractivity contribution in [1.82, 2.24) is 5.01 Å². The number of amides is 1. The second-order valence-corrected chi connectivity index (χ2v) is 6.50. The van der Waals surface area contributed by atoms with Gasteiger partial charge in [0, 0.05) is 12.6 Å². The van der Waals surface area contributed by atoms with Gasteiger partial charge in [-0.25, -0.2) is 14.4 Å². The Bertz CT molecular complexity index is 1020. The van der Waals surface area contributed by atoms with Crippen molar-refractivity contribution in [1.29, 1.82) is 0 Å². The van der Waals surface area contributed by atoms with Crippen LogP contribution in [0.1, 0.15) is 22.1 Å². The zero-order valence-electron chi connectivity index (χ0n) is 14.1. The lowest BCUT2D eigenvalue weighted by atomic mass is 10.0. The van der Waals surface area contributed by atoms with E-state index in [4.69, 9.17) is 0 Å². The average Bonchev–Trinajstić information content (AvgIpc) is 3.02. The second kappa shape index (κ2) is 5.33. The van der Waals surface area contributed by atoms with E-state index in [-0.39, 0.29) is 17.9 Å². The quantitative estimate of drug-likeness (QED) is 0.650. The fourth-order valence-corrected chi connectivity index (χ4v) is 3.89. The number of nitrogens with zero attached hydrogens (tertiary/aromatic N) is 3. The van der Waals surface area contributed by atoms with E-state index in [2.05, 4.69) is 4.90 Å². The van der Waals surface area contributed by atoms with Crippen LogP contribution >= 0.6 is 0 Å². The van der Waals surface area contributed by atoms with E-state index in [0.29, 0.717) is 5.56 Å². The molecule has 5 heteroatoms. The zero-order valence-corrected chi connectivity index (χ0v) is 14.1. The number of hydrazine groups is 1. The van der Waals surface area contributed by atoms with Crippen LogP contribution in [-0.2, 0) is 0 Å². The summed E-state index contributed by atoms with van der Waals surface area (Å²) in [5, 5.41) is 3.63. The van der Waals surface area contributed by atoms with Gasteiger partial charge < -0.3 is 4.90 Å². The van der Waals surface area contributed by atoms with Gasteiger partial charge in [0.15, 0.2) is 6.17 Å². The van der Waals surface area contributed by atoms with Gasteiger partial charge in [0.1, 0.15) is 5.82 Å². The Hall–Kier alpha value is -3.34.